The van der Waals surface area contributed by atoms with Crippen LogP contribution in [0.15, 0.2) is 42.5 Å². The molecule has 0 bridgehead atoms. The summed E-state index contributed by atoms with van der Waals surface area (Å²) < 4.78 is 0. The summed E-state index contributed by atoms with van der Waals surface area (Å²) in [7, 11) is 0. The zero-order valence-corrected chi connectivity index (χ0v) is 16.0. The summed E-state index contributed by atoms with van der Waals surface area (Å²) in [6, 6.07) is 13.2. The van der Waals surface area contributed by atoms with Crippen molar-refractivity contribution in [3.63, 3.8) is 0 Å². The van der Waals surface area contributed by atoms with Crippen LogP contribution in [-0.2, 0) is 22.7 Å². The third kappa shape index (κ3) is 4.57. The number of hydrogen-bond donors (Lipinski definition) is 1. The lowest BCUT2D eigenvalue weighted by atomic mass is 10.1. The molecule has 0 spiro atoms. The molecule has 26 heavy (non-hydrogen) atoms. The predicted octanol–water partition coefficient (Wildman–Crippen LogP) is 3.97. The Bertz CT molecular complexity index is 821. The van der Waals surface area contributed by atoms with Crippen LogP contribution in [0.1, 0.15) is 23.1 Å². The number of amides is 2. The van der Waals surface area contributed by atoms with Crippen LogP contribution in [0.2, 0.25) is 10.0 Å². The Kier molecular flexibility index (Phi) is 5.84. The van der Waals surface area contributed by atoms with Crippen molar-refractivity contribution < 1.29 is 9.59 Å². The molecule has 1 heterocycles. The number of benzene rings is 2. The molecule has 2 aromatic carbocycles. The predicted molar refractivity (Wildman–Crippen MR) is 103 cm³/mol. The van der Waals surface area contributed by atoms with E-state index >= 15 is 0 Å². The number of rotatable bonds is 5. The van der Waals surface area contributed by atoms with Crippen LogP contribution in [0.25, 0.3) is 0 Å². The molecule has 0 saturated carbocycles. The van der Waals surface area contributed by atoms with E-state index in [4.69, 9.17) is 23.2 Å². The molecule has 6 heteroatoms. The lowest BCUT2D eigenvalue weighted by molar-refractivity contribution is -0.129. The Balaban J connectivity index is 1.55. The maximum absolute atomic E-state index is 12.4. The minimum Gasteiger partial charge on any atom is -0.352 e. The van der Waals surface area contributed by atoms with E-state index in [0.29, 0.717) is 29.7 Å². The smallest absolute Gasteiger partial charge is 0.225 e. The van der Waals surface area contributed by atoms with Crippen molar-refractivity contribution in [3.8, 4) is 0 Å². The van der Waals surface area contributed by atoms with Gasteiger partial charge in [0.15, 0.2) is 0 Å². The highest BCUT2D eigenvalue weighted by Crippen LogP contribution is 2.23. The number of nitrogens with zero attached hydrogens (tertiary/aromatic N) is 1. The number of carbonyl (C=O) groups is 2. The molecule has 3 rings (SSSR count). The molecule has 0 aliphatic carbocycles. The molecular weight excluding hydrogens is 371 g/mol. The molecule has 1 atom stereocenters. The number of carbonyl (C=O) groups excluding carboxylic acids is 2. The summed E-state index contributed by atoms with van der Waals surface area (Å²) in [5.74, 6) is -0.454. The van der Waals surface area contributed by atoms with Gasteiger partial charge in [-0.3, -0.25) is 9.59 Å². The van der Waals surface area contributed by atoms with Crippen LogP contribution in [-0.4, -0.2) is 23.3 Å². The van der Waals surface area contributed by atoms with Gasteiger partial charge >= 0.3 is 0 Å². The molecule has 1 aliphatic rings. The van der Waals surface area contributed by atoms with Gasteiger partial charge in [0.05, 0.1) is 5.92 Å². The van der Waals surface area contributed by atoms with Gasteiger partial charge in [0.1, 0.15) is 0 Å². The first-order valence-electron chi connectivity index (χ1n) is 8.47. The third-order valence-electron chi connectivity index (χ3n) is 4.55. The van der Waals surface area contributed by atoms with E-state index in [9.17, 15) is 9.59 Å². The second-order valence-electron chi connectivity index (χ2n) is 6.61. The molecule has 1 N–H and O–H groups in total. The van der Waals surface area contributed by atoms with Crippen molar-refractivity contribution in [2.75, 3.05) is 6.54 Å². The quantitative estimate of drug-likeness (QED) is 0.839. The molecule has 2 amide bonds. The van der Waals surface area contributed by atoms with Gasteiger partial charge in [-0.05, 0) is 30.2 Å². The lowest BCUT2D eigenvalue weighted by Crippen LogP contribution is -2.32. The Morgan fingerprint density at radius 2 is 1.92 bits per heavy atom. The van der Waals surface area contributed by atoms with Crippen molar-refractivity contribution in [1.29, 1.82) is 0 Å². The Morgan fingerprint density at radius 1 is 1.19 bits per heavy atom. The summed E-state index contributed by atoms with van der Waals surface area (Å²) >= 11 is 12.0. The first-order valence-corrected chi connectivity index (χ1v) is 9.23. The van der Waals surface area contributed by atoms with Gasteiger partial charge in [-0.1, -0.05) is 59.1 Å². The van der Waals surface area contributed by atoms with Crippen LogP contribution in [0.5, 0.6) is 0 Å². The number of likely N-dealkylation sites (tertiary alicyclic amines) is 1. The van der Waals surface area contributed by atoms with Crippen molar-refractivity contribution in [2.24, 2.45) is 5.92 Å². The van der Waals surface area contributed by atoms with Gasteiger partial charge in [0, 0.05) is 36.1 Å². The van der Waals surface area contributed by atoms with Gasteiger partial charge < -0.3 is 10.2 Å². The highest BCUT2D eigenvalue weighted by Gasteiger charge is 2.34. The fourth-order valence-corrected chi connectivity index (χ4v) is 3.48. The van der Waals surface area contributed by atoms with Gasteiger partial charge in [-0.25, -0.2) is 0 Å². The second kappa shape index (κ2) is 8.11. The molecule has 0 unspecified atom stereocenters. The molecule has 1 saturated heterocycles. The highest BCUT2D eigenvalue weighted by atomic mass is 35.5. The topological polar surface area (TPSA) is 49.4 Å². The number of hydrogen-bond acceptors (Lipinski definition) is 2. The summed E-state index contributed by atoms with van der Waals surface area (Å²) in [6.07, 6.45) is 0.242. The first kappa shape index (κ1) is 18.7. The van der Waals surface area contributed by atoms with E-state index < -0.39 is 0 Å². The summed E-state index contributed by atoms with van der Waals surface area (Å²) in [4.78, 5) is 26.4. The van der Waals surface area contributed by atoms with E-state index in [1.54, 1.807) is 23.1 Å². The molecule has 136 valence electrons. The monoisotopic (exact) mass is 390 g/mol. The maximum atomic E-state index is 12.4. The summed E-state index contributed by atoms with van der Waals surface area (Å²) in [5.41, 5.74) is 3.04. The average molecular weight is 391 g/mol. The molecule has 1 fully saturated rings. The van der Waals surface area contributed by atoms with Crippen molar-refractivity contribution in [2.45, 2.75) is 26.4 Å². The Labute approximate surface area is 163 Å². The zero-order chi connectivity index (χ0) is 18.7. The van der Waals surface area contributed by atoms with Crippen molar-refractivity contribution >= 4 is 35.0 Å². The average Bonchev–Trinajstić information content (AvgIpc) is 2.97. The van der Waals surface area contributed by atoms with Gasteiger partial charge in [-0.15, -0.1) is 0 Å². The third-order valence-corrected chi connectivity index (χ3v) is 5.13. The van der Waals surface area contributed by atoms with E-state index in [-0.39, 0.29) is 24.2 Å². The van der Waals surface area contributed by atoms with Gasteiger partial charge in [-0.2, -0.15) is 0 Å². The highest BCUT2D eigenvalue weighted by molar-refractivity contribution is 6.35. The zero-order valence-electron chi connectivity index (χ0n) is 14.5. The van der Waals surface area contributed by atoms with Crippen molar-refractivity contribution in [1.82, 2.24) is 10.2 Å². The Morgan fingerprint density at radius 3 is 2.62 bits per heavy atom. The summed E-state index contributed by atoms with van der Waals surface area (Å²) in [6.45, 7) is 3.31. The molecule has 4 nitrogen and oxygen atoms in total. The van der Waals surface area contributed by atoms with Crippen LogP contribution < -0.4 is 5.32 Å². The van der Waals surface area contributed by atoms with E-state index in [0.717, 1.165) is 11.1 Å². The maximum Gasteiger partial charge on any atom is 0.225 e. The lowest BCUT2D eigenvalue weighted by Gasteiger charge is -2.17. The van der Waals surface area contributed by atoms with E-state index in [1.165, 1.54) is 5.56 Å². The van der Waals surface area contributed by atoms with Crippen LogP contribution in [0, 0.1) is 12.8 Å². The fraction of sp³-hybridized carbons (Fsp3) is 0.300. The van der Waals surface area contributed by atoms with E-state index in [2.05, 4.69) is 5.32 Å². The largest absolute Gasteiger partial charge is 0.352 e. The fourth-order valence-electron chi connectivity index (χ4n) is 3.01. The first-order chi connectivity index (χ1) is 12.4. The van der Waals surface area contributed by atoms with E-state index in [1.807, 2.05) is 31.2 Å². The van der Waals surface area contributed by atoms with Crippen LogP contribution in [0.3, 0.4) is 0 Å². The van der Waals surface area contributed by atoms with Crippen LogP contribution in [0.4, 0.5) is 0 Å². The number of halogens is 2. The minimum absolute atomic E-state index is 0.00949. The molecule has 2 aromatic rings. The van der Waals surface area contributed by atoms with Gasteiger partial charge in [0.2, 0.25) is 11.8 Å². The van der Waals surface area contributed by atoms with Crippen LogP contribution >= 0.6 is 23.2 Å². The molecular formula is C20H20Cl2N2O2. The Hall–Kier alpha value is -2.04. The normalized spacial score (nSPS) is 16.8. The molecule has 1 aliphatic heterocycles. The second-order valence-corrected chi connectivity index (χ2v) is 7.46. The SMILES string of the molecule is Cc1ccc(CN2C[C@H](C(=O)NCc3ccc(Cl)cc3Cl)CC2=O)cc1. The summed E-state index contributed by atoms with van der Waals surface area (Å²) in [5, 5.41) is 3.94. The molecule has 0 aromatic heterocycles. The number of aryl methyl sites for hydroxylation is 1. The van der Waals surface area contributed by atoms with Gasteiger partial charge in [0.25, 0.3) is 0 Å². The minimum atomic E-state index is -0.334. The van der Waals surface area contributed by atoms with Crippen molar-refractivity contribution in [3.05, 3.63) is 69.2 Å². The molecule has 0 radical (unpaired) electrons. The standard InChI is InChI=1S/C20H20Cl2N2O2/c1-13-2-4-14(5-3-13)11-24-12-16(8-19(24)25)20(26)23-10-15-6-7-17(21)9-18(15)22/h2-7,9,16H,8,10-12H2,1H3,(H,23,26)/t16-/m1/s1. The number of nitrogens with one attached hydrogen (secondary N) is 1.